The van der Waals surface area contributed by atoms with Crippen LogP contribution in [0.1, 0.15) is 31.2 Å². The molecule has 3 N–H and O–H groups in total. The van der Waals surface area contributed by atoms with Gasteiger partial charge in [-0.15, -0.1) is 0 Å². The lowest BCUT2D eigenvalue weighted by Crippen LogP contribution is -2.30. The number of carbonyl (C=O) groups is 1. The Balaban J connectivity index is 1.48. The molecule has 2 aliphatic rings. The van der Waals surface area contributed by atoms with Crippen molar-refractivity contribution in [2.24, 2.45) is 4.99 Å². The van der Waals surface area contributed by atoms with Crippen LogP contribution in [0.2, 0.25) is 0 Å². The van der Waals surface area contributed by atoms with Crippen molar-refractivity contribution in [1.29, 1.82) is 0 Å². The van der Waals surface area contributed by atoms with Crippen LogP contribution in [0.3, 0.4) is 0 Å². The third-order valence-electron chi connectivity index (χ3n) is 5.06. The molecule has 0 fully saturated rings. The van der Waals surface area contributed by atoms with Crippen molar-refractivity contribution in [3.05, 3.63) is 48.0 Å². The summed E-state index contributed by atoms with van der Waals surface area (Å²) >= 11 is 0. The minimum absolute atomic E-state index is 0.0181. The van der Waals surface area contributed by atoms with Gasteiger partial charge in [-0.2, -0.15) is 0 Å². The Morgan fingerprint density at radius 1 is 0.839 bits per heavy atom. The highest BCUT2D eigenvalue weighted by Gasteiger charge is 2.22. The Morgan fingerprint density at radius 2 is 1.55 bits per heavy atom. The predicted molar refractivity (Wildman–Crippen MR) is 117 cm³/mol. The molecule has 0 saturated heterocycles. The van der Waals surface area contributed by atoms with Gasteiger partial charge >= 0.3 is 0 Å². The molecule has 164 valence electrons. The van der Waals surface area contributed by atoms with Gasteiger partial charge in [0.1, 0.15) is 5.84 Å². The van der Waals surface area contributed by atoms with Gasteiger partial charge in [-0.05, 0) is 60.9 Å². The van der Waals surface area contributed by atoms with Gasteiger partial charge in [-0.3, -0.25) is 19.2 Å². The van der Waals surface area contributed by atoms with Crippen LogP contribution in [0.25, 0.3) is 0 Å². The van der Waals surface area contributed by atoms with Gasteiger partial charge in [-0.25, -0.2) is 16.8 Å². The number of hydrogen-bond acceptors (Lipinski definition) is 6. The van der Waals surface area contributed by atoms with Crippen LogP contribution >= 0.6 is 0 Å². The zero-order valence-electron chi connectivity index (χ0n) is 16.6. The Bertz CT molecular complexity index is 1250. The average molecular weight is 463 g/mol. The first-order valence-corrected chi connectivity index (χ1v) is 12.8. The molecule has 0 saturated carbocycles. The number of benzene rings is 2. The first kappa shape index (κ1) is 21.3. The van der Waals surface area contributed by atoms with E-state index in [-0.39, 0.29) is 27.8 Å². The summed E-state index contributed by atoms with van der Waals surface area (Å²) in [4.78, 5) is 15.8. The first-order valence-electron chi connectivity index (χ1n) is 9.85. The van der Waals surface area contributed by atoms with Gasteiger partial charge in [0.2, 0.25) is 5.91 Å². The molecule has 2 aromatic carbocycles. The smallest absolute Gasteiger partial charge is 0.262 e. The number of aliphatic imine (C=N–C) groups is 1. The highest BCUT2D eigenvalue weighted by molar-refractivity contribution is 7.92. The number of anilines is 2. The number of sulfonamides is 2. The second kappa shape index (κ2) is 8.31. The fraction of sp³-hybridized carbons (Fsp3) is 0.300. The Kier molecular flexibility index (Phi) is 5.71. The van der Waals surface area contributed by atoms with Crippen molar-refractivity contribution < 1.29 is 21.6 Å². The molecule has 0 atom stereocenters. The molecule has 0 bridgehead atoms. The zero-order chi connectivity index (χ0) is 22.1. The van der Waals surface area contributed by atoms with Crippen LogP contribution < -0.4 is 14.8 Å². The number of nitrogens with zero attached hydrogens (tertiary/aromatic N) is 1. The van der Waals surface area contributed by atoms with Crippen LogP contribution in [0.4, 0.5) is 11.4 Å². The summed E-state index contributed by atoms with van der Waals surface area (Å²) in [5.74, 6) is 0.268. The van der Waals surface area contributed by atoms with E-state index in [1.54, 1.807) is 6.07 Å². The highest BCUT2D eigenvalue weighted by atomic mass is 32.2. The summed E-state index contributed by atoms with van der Waals surface area (Å²) in [6.45, 7) is 0.603. The van der Waals surface area contributed by atoms with Crippen LogP contribution in [0.15, 0.2) is 57.2 Å². The third-order valence-corrected chi connectivity index (χ3v) is 7.83. The quantitative estimate of drug-likeness (QED) is 0.626. The van der Waals surface area contributed by atoms with Crippen molar-refractivity contribution in [2.75, 3.05) is 16.6 Å². The van der Waals surface area contributed by atoms with Crippen molar-refractivity contribution in [3.8, 4) is 0 Å². The number of hydrogen-bond donors (Lipinski definition) is 3. The van der Waals surface area contributed by atoms with Crippen molar-refractivity contribution in [1.82, 2.24) is 4.72 Å². The minimum Gasteiger partial charge on any atom is -0.326 e. The average Bonchev–Trinajstić information content (AvgIpc) is 2.90. The van der Waals surface area contributed by atoms with Crippen molar-refractivity contribution in [3.63, 3.8) is 0 Å². The lowest BCUT2D eigenvalue weighted by molar-refractivity contribution is -0.115. The molecule has 2 aliphatic heterocycles. The molecule has 11 heteroatoms. The van der Waals surface area contributed by atoms with E-state index in [1.165, 1.54) is 36.4 Å². The lowest BCUT2D eigenvalue weighted by atomic mass is 10.2. The number of fused-ring (bicyclic) bond motifs is 1. The number of nitrogens with one attached hydrogen (secondary N) is 3. The second-order valence-corrected chi connectivity index (χ2v) is 10.8. The van der Waals surface area contributed by atoms with Gasteiger partial charge in [0.05, 0.1) is 16.2 Å². The molecule has 0 aromatic heterocycles. The third kappa shape index (κ3) is 4.88. The van der Waals surface area contributed by atoms with Gasteiger partial charge in [-0.1, -0.05) is 6.42 Å². The number of amides is 1. The summed E-state index contributed by atoms with van der Waals surface area (Å²) in [6.07, 6.45) is 3.55. The summed E-state index contributed by atoms with van der Waals surface area (Å²) in [5.41, 5.74) is 1.44. The molecule has 0 radical (unpaired) electrons. The van der Waals surface area contributed by atoms with E-state index in [4.69, 9.17) is 0 Å². The molecule has 0 unspecified atom stereocenters. The molecule has 31 heavy (non-hydrogen) atoms. The number of rotatable bonds is 5. The SMILES string of the molecule is O=C1Cc2cc(S(=O)(=O)Nc3ccc(S(=O)(=O)NC4=NCCCCC4)cc3)ccc2N1. The molecular weight excluding hydrogens is 440 g/mol. The lowest BCUT2D eigenvalue weighted by Gasteiger charge is -2.12. The largest absolute Gasteiger partial charge is 0.326 e. The monoisotopic (exact) mass is 462 g/mol. The van der Waals surface area contributed by atoms with E-state index in [0.717, 1.165) is 19.3 Å². The normalized spacial score (nSPS) is 16.6. The van der Waals surface area contributed by atoms with Crippen LogP contribution in [-0.2, 0) is 31.3 Å². The Hall–Kier alpha value is -2.92. The van der Waals surface area contributed by atoms with Crippen LogP contribution in [0.5, 0.6) is 0 Å². The van der Waals surface area contributed by atoms with Crippen LogP contribution in [0, 0.1) is 0 Å². The van der Waals surface area contributed by atoms with Gasteiger partial charge in [0.15, 0.2) is 0 Å². The van der Waals surface area contributed by atoms with E-state index >= 15 is 0 Å². The second-order valence-electron chi connectivity index (χ2n) is 7.42. The molecule has 0 spiro atoms. The summed E-state index contributed by atoms with van der Waals surface area (Å²) in [7, 11) is -7.70. The molecule has 2 heterocycles. The van der Waals surface area contributed by atoms with Gasteiger partial charge in [0.25, 0.3) is 20.0 Å². The van der Waals surface area contributed by atoms with Crippen LogP contribution in [-0.4, -0.2) is 35.1 Å². The van der Waals surface area contributed by atoms with Gasteiger partial charge in [0, 0.05) is 24.3 Å². The van der Waals surface area contributed by atoms with E-state index in [9.17, 15) is 21.6 Å². The molecule has 1 amide bonds. The molecule has 9 nitrogen and oxygen atoms in total. The van der Waals surface area contributed by atoms with Crippen molar-refractivity contribution >= 4 is 43.2 Å². The van der Waals surface area contributed by atoms with Gasteiger partial charge < -0.3 is 5.32 Å². The fourth-order valence-electron chi connectivity index (χ4n) is 3.46. The first-order chi connectivity index (χ1) is 14.7. The summed E-state index contributed by atoms with van der Waals surface area (Å²) < 4.78 is 55.6. The summed E-state index contributed by atoms with van der Waals surface area (Å²) in [6, 6.07) is 9.85. The fourth-order valence-corrected chi connectivity index (χ4v) is 5.66. The molecule has 4 rings (SSSR count). The molecular formula is C20H22N4O5S2. The Labute approximate surface area is 181 Å². The molecule has 0 aliphatic carbocycles. The van der Waals surface area contributed by atoms with E-state index < -0.39 is 20.0 Å². The standard InChI is InChI=1S/C20H22N4O5S2/c25-20-13-14-12-17(9-10-18(14)22-20)31(28,29)23-15-5-7-16(8-6-15)30(26,27)24-19-4-2-1-3-11-21-19/h5-10,12,23H,1-4,11,13H2,(H,21,24)(H,22,25). The topological polar surface area (TPSA) is 134 Å². The Morgan fingerprint density at radius 3 is 2.32 bits per heavy atom. The van der Waals surface area contributed by atoms with E-state index in [2.05, 4.69) is 19.8 Å². The zero-order valence-corrected chi connectivity index (χ0v) is 18.2. The molecule has 2 aromatic rings. The van der Waals surface area contributed by atoms with Crippen molar-refractivity contribution in [2.45, 2.75) is 41.9 Å². The van der Waals surface area contributed by atoms with E-state index in [1.807, 2.05) is 0 Å². The summed E-state index contributed by atoms with van der Waals surface area (Å²) in [5, 5.41) is 2.65. The number of carbonyl (C=O) groups excluding carboxylic acids is 1. The highest BCUT2D eigenvalue weighted by Crippen LogP contribution is 2.27. The predicted octanol–water partition coefficient (Wildman–Crippen LogP) is 2.23. The van der Waals surface area contributed by atoms with E-state index in [0.29, 0.717) is 30.1 Å². The maximum Gasteiger partial charge on any atom is 0.262 e. The minimum atomic E-state index is -3.90. The maximum absolute atomic E-state index is 12.7. The maximum atomic E-state index is 12.7. The number of amidine groups is 1.